The van der Waals surface area contributed by atoms with Crippen molar-refractivity contribution in [3.8, 4) is 0 Å². The number of hydrogen-bond donors (Lipinski definition) is 0. The van der Waals surface area contributed by atoms with Crippen LogP contribution in [-0.2, 0) is 28.6 Å². The number of esters is 3. The molecule has 0 aliphatic heterocycles. The maximum Gasteiger partial charge on any atom is 0.306 e. The van der Waals surface area contributed by atoms with Crippen LogP contribution in [0.3, 0.4) is 0 Å². The van der Waals surface area contributed by atoms with Crippen molar-refractivity contribution in [1.29, 1.82) is 0 Å². The second-order valence-electron chi connectivity index (χ2n) is 18.1. The lowest BCUT2D eigenvalue weighted by molar-refractivity contribution is -0.166. The van der Waals surface area contributed by atoms with Crippen LogP contribution < -0.4 is 0 Å². The fraction of sp³-hybridized carbons (Fsp3) is 0.537. The Morgan fingerprint density at radius 3 is 0.932 bits per heavy atom. The van der Waals surface area contributed by atoms with Crippen LogP contribution in [0.15, 0.2) is 170 Å². The molecule has 0 aromatic carbocycles. The number of carbonyl (C=O) groups excluding carboxylic acids is 3. The van der Waals surface area contributed by atoms with Gasteiger partial charge in [0.15, 0.2) is 6.10 Å². The maximum atomic E-state index is 12.9. The van der Waals surface area contributed by atoms with Crippen molar-refractivity contribution in [2.45, 2.75) is 219 Å². The Morgan fingerprint density at radius 1 is 0.288 bits per heavy atom. The van der Waals surface area contributed by atoms with E-state index < -0.39 is 6.10 Å². The standard InChI is InChI=1S/C67H102O6/c1-4-7-10-13-16-19-22-25-28-31-33-36-39-42-45-48-51-54-57-60-66(69)72-63-64(62-71-65(68)59-56-53-50-47-44-41-38-35-30-27-24-21-18-15-12-9-6-3)73-67(70)61-58-55-52-49-46-43-40-37-34-32-29-26-23-20-17-14-11-8-5-2/h7,10,16-21,25-30,33-34,36-38,41-43,45-47,50-51,54,64H,4-6,8-9,11-15,22-24,31-32,35,39-40,44,48-49,52-53,55-63H2,1-3H3/b10-7+,19-16+,20-17+,21-18+,28-25+,29-26+,30-27+,36-33+,37-34+,41-38+,45-42+,46-43+,50-47+,54-51+/t64-/m1/s1. The summed E-state index contributed by atoms with van der Waals surface area (Å²) in [5.41, 5.74) is 0. The van der Waals surface area contributed by atoms with Gasteiger partial charge in [-0.2, -0.15) is 0 Å². The van der Waals surface area contributed by atoms with Crippen molar-refractivity contribution in [3.05, 3.63) is 170 Å². The molecule has 0 saturated carbocycles. The molecule has 0 aliphatic rings. The van der Waals surface area contributed by atoms with Gasteiger partial charge in [0.2, 0.25) is 0 Å². The lowest BCUT2D eigenvalue weighted by atomic mass is 10.1. The third-order valence-corrected chi connectivity index (χ3v) is 11.2. The maximum absolute atomic E-state index is 12.9. The van der Waals surface area contributed by atoms with Crippen molar-refractivity contribution in [2.24, 2.45) is 0 Å². The first kappa shape index (κ1) is 67.8. The van der Waals surface area contributed by atoms with Crippen LogP contribution in [0.25, 0.3) is 0 Å². The van der Waals surface area contributed by atoms with Crippen LogP contribution in [0.1, 0.15) is 213 Å². The Morgan fingerprint density at radius 2 is 0.575 bits per heavy atom. The summed E-state index contributed by atoms with van der Waals surface area (Å²) in [5, 5.41) is 0. The predicted octanol–water partition coefficient (Wildman–Crippen LogP) is 19.5. The van der Waals surface area contributed by atoms with Gasteiger partial charge in [-0.25, -0.2) is 0 Å². The first-order valence-electron chi connectivity index (χ1n) is 28.6. The molecule has 1 atom stereocenters. The van der Waals surface area contributed by atoms with Crippen molar-refractivity contribution in [3.63, 3.8) is 0 Å². The van der Waals surface area contributed by atoms with Crippen molar-refractivity contribution in [1.82, 2.24) is 0 Å². The van der Waals surface area contributed by atoms with Gasteiger partial charge in [0.1, 0.15) is 13.2 Å². The molecule has 0 heterocycles. The molecule has 0 amide bonds. The topological polar surface area (TPSA) is 78.9 Å². The van der Waals surface area contributed by atoms with E-state index in [0.29, 0.717) is 19.3 Å². The Kier molecular flexibility index (Phi) is 55.1. The molecule has 0 aromatic rings. The van der Waals surface area contributed by atoms with Gasteiger partial charge in [0, 0.05) is 19.3 Å². The number of allylic oxidation sites excluding steroid dienone is 28. The van der Waals surface area contributed by atoms with Gasteiger partial charge in [-0.3, -0.25) is 14.4 Å². The minimum absolute atomic E-state index is 0.151. The fourth-order valence-corrected chi connectivity index (χ4v) is 6.91. The van der Waals surface area contributed by atoms with Crippen LogP contribution in [0, 0.1) is 0 Å². The zero-order chi connectivity index (χ0) is 52.9. The summed E-state index contributed by atoms with van der Waals surface area (Å²) in [5.74, 6) is -1.13. The normalized spacial score (nSPS) is 13.4. The van der Waals surface area contributed by atoms with Crippen LogP contribution in [0.5, 0.6) is 0 Å². The summed E-state index contributed by atoms with van der Waals surface area (Å²) in [6.07, 6.45) is 87.8. The van der Waals surface area contributed by atoms with E-state index in [1.807, 2.05) is 12.2 Å². The van der Waals surface area contributed by atoms with Crippen molar-refractivity contribution >= 4 is 17.9 Å². The molecule has 0 rings (SSSR count). The smallest absolute Gasteiger partial charge is 0.306 e. The summed E-state index contributed by atoms with van der Waals surface area (Å²) in [6.45, 7) is 6.31. The molecule has 0 bridgehead atoms. The number of carbonyl (C=O) groups is 3. The number of hydrogen-bond acceptors (Lipinski definition) is 6. The van der Waals surface area contributed by atoms with Gasteiger partial charge in [-0.1, -0.05) is 223 Å². The van der Waals surface area contributed by atoms with Crippen LogP contribution in [0.4, 0.5) is 0 Å². The van der Waals surface area contributed by atoms with E-state index in [2.05, 4.69) is 179 Å². The molecule has 0 aliphatic carbocycles. The largest absolute Gasteiger partial charge is 0.462 e. The van der Waals surface area contributed by atoms with E-state index in [1.165, 1.54) is 51.4 Å². The van der Waals surface area contributed by atoms with E-state index >= 15 is 0 Å². The van der Waals surface area contributed by atoms with Crippen molar-refractivity contribution in [2.75, 3.05) is 13.2 Å². The lowest BCUT2D eigenvalue weighted by Gasteiger charge is -2.18. The zero-order valence-corrected chi connectivity index (χ0v) is 46.3. The van der Waals surface area contributed by atoms with E-state index in [9.17, 15) is 14.4 Å². The molecule has 0 N–H and O–H groups in total. The average molecular weight is 1000 g/mol. The molecule has 0 saturated heterocycles. The summed E-state index contributed by atoms with van der Waals surface area (Å²) < 4.78 is 16.7. The summed E-state index contributed by atoms with van der Waals surface area (Å²) in [4.78, 5) is 38.1. The Hall–Kier alpha value is -5.23. The molecule has 406 valence electrons. The molecule has 0 unspecified atom stereocenters. The van der Waals surface area contributed by atoms with Crippen LogP contribution >= 0.6 is 0 Å². The lowest BCUT2D eigenvalue weighted by Crippen LogP contribution is -2.30. The highest BCUT2D eigenvalue weighted by Crippen LogP contribution is 2.10. The Balaban J connectivity index is 4.69. The van der Waals surface area contributed by atoms with Gasteiger partial charge < -0.3 is 14.2 Å². The third kappa shape index (κ3) is 57.5. The Labute approximate surface area is 447 Å². The molecule has 0 radical (unpaired) electrons. The second-order valence-corrected chi connectivity index (χ2v) is 18.1. The Bertz CT molecular complexity index is 1720. The minimum atomic E-state index is -0.858. The number of rotatable bonds is 49. The summed E-state index contributed by atoms with van der Waals surface area (Å²) >= 11 is 0. The first-order valence-corrected chi connectivity index (χ1v) is 28.6. The molecule has 0 spiro atoms. The van der Waals surface area contributed by atoms with Crippen LogP contribution in [-0.4, -0.2) is 37.2 Å². The minimum Gasteiger partial charge on any atom is -0.462 e. The van der Waals surface area contributed by atoms with Gasteiger partial charge >= 0.3 is 17.9 Å². The molecular weight excluding hydrogens is 901 g/mol. The van der Waals surface area contributed by atoms with Gasteiger partial charge in [0.05, 0.1) is 0 Å². The monoisotopic (exact) mass is 1000 g/mol. The second kappa shape index (κ2) is 59.3. The van der Waals surface area contributed by atoms with E-state index in [1.54, 1.807) is 0 Å². The van der Waals surface area contributed by atoms with Gasteiger partial charge in [-0.15, -0.1) is 0 Å². The SMILES string of the molecule is CC/C=C/C/C=C/C/C=C/C/C=C/C/C=C/C/C=C/CCC(=O)OC[C@@H](COC(=O)CCC/C=C/C/C=C/C/C=C/C/C=C/CCCCC)OC(=O)CCCCC/C=C/C/C=C/C/C=C/C/C=C/CCCCC. The van der Waals surface area contributed by atoms with E-state index in [4.69, 9.17) is 14.2 Å². The number of ether oxygens (including phenoxy) is 3. The molecule has 0 aromatic heterocycles. The van der Waals surface area contributed by atoms with Crippen molar-refractivity contribution < 1.29 is 28.6 Å². The molecule has 6 heteroatoms. The molecular formula is C67H102O6. The predicted molar refractivity (Wildman–Crippen MR) is 315 cm³/mol. The fourth-order valence-electron chi connectivity index (χ4n) is 6.91. The van der Waals surface area contributed by atoms with Gasteiger partial charge in [-0.05, 0) is 141 Å². The molecule has 0 fully saturated rings. The first-order chi connectivity index (χ1) is 36.0. The average Bonchev–Trinajstić information content (AvgIpc) is 3.39. The van der Waals surface area contributed by atoms with Crippen LogP contribution in [0.2, 0.25) is 0 Å². The third-order valence-electron chi connectivity index (χ3n) is 11.2. The highest BCUT2D eigenvalue weighted by Gasteiger charge is 2.19. The molecule has 6 nitrogen and oxygen atoms in total. The van der Waals surface area contributed by atoms with E-state index in [0.717, 1.165) is 103 Å². The zero-order valence-electron chi connectivity index (χ0n) is 46.3. The van der Waals surface area contributed by atoms with E-state index in [-0.39, 0.29) is 50.4 Å². The highest BCUT2D eigenvalue weighted by atomic mass is 16.6. The molecule has 73 heavy (non-hydrogen) atoms. The summed E-state index contributed by atoms with van der Waals surface area (Å²) in [6, 6.07) is 0. The van der Waals surface area contributed by atoms with Gasteiger partial charge in [0.25, 0.3) is 0 Å². The highest BCUT2D eigenvalue weighted by molar-refractivity contribution is 5.71. The number of unbranched alkanes of at least 4 members (excludes halogenated alkanes) is 10. The summed E-state index contributed by atoms with van der Waals surface area (Å²) in [7, 11) is 0. The quantitative estimate of drug-likeness (QED) is 0.0261.